The summed E-state index contributed by atoms with van der Waals surface area (Å²) < 4.78 is 6.12. The number of ether oxygens (including phenoxy) is 1. The zero-order valence-corrected chi connectivity index (χ0v) is 13.9. The van der Waals surface area contributed by atoms with Crippen molar-refractivity contribution in [3.05, 3.63) is 35.9 Å². The summed E-state index contributed by atoms with van der Waals surface area (Å²) in [7, 11) is 0. The lowest BCUT2D eigenvalue weighted by atomic mass is 9.90. The lowest BCUT2D eigenvalue weighted by Crippen LogP contribution is -2.36. The Morgan fingerprint density at radius 2 is 1.95 bits per heavy atom. The van der Waals surface area contributed by atoms with Crippen LogP contribution in [0.25, 0.3) is 0 Å². The highest BCUT2D eigenvalue weighted by atomic mass is 16.5. The molecule has 2 heteroatoms. The maximum atomic E-state index is 6.12. The van der Waals surface area contributed by atoms with Gasteiger partial charge in [-0.05, 0) is 32.8 Å². The molecule has 1 aromatic rings. The van der Waals surface area contributed by atoms with Crippen molar-refractivity contribution in [2.75, 3.05) is 0 Å². The maximum absolute atomic E-state index is 6.12. The number of aliphatic imine (C=N–C) groups is 1. The Balaban J connectivity index is 2.24. The molecule has 0 radical (unpaired) electrons. The molecule has 2 atom stereocenters. The summed E-state index contributed by atoms with van der Waals surface area (Å²) in [6.45, 7) is 8.82. The van der Waals surface area contributed by atoms with Gasteiger partial charge in [0.1, 0.15) is 0 Å². The smallest absolute Gasteiger partial charge is 0.191 e. The van der Waals surface area contributed by atoms with Crippen molar-refractivity contribution in [1.82, 2.24) is 0 Å². The van der Waals surface area contributed by atoms with E-state index >= 15 is 0 Å². The van der Waals surface area contributed by atoms with E-state index in [1.165, 1.54) is 24.8 Å². The molecular formula is C19H29NO. The van der Waals surface area contributed by atoms with Gasteiger partial charge in [-0.2, -0.15) is 0 Å². The van der Waals surface area contributed by atoms with Gasteiger partial charge in [-0.1, -0.05) is 56.5 Å². The summed E-state index contributed by atoms with van der Waals surface area (Å²) in [5.74, 6) is 1.25. The second-order valence-electron chi connectivity index (χ2n) is 6.85. The van der Waals surface area contributed by atoms with Crippen LogP contribution in [0, 0.1) is 0 Å². The van der Waals surface area contributed by atoms with E-state index in [-0.39, 0.29) is 11.6 Å². The Hall–Kier alpha value is -1.31. The molecule has 1 aliphatic heterocycles. The first-order chi connectivity index (χ1) is 10.0. The molecule has 21 heavy (non-hydrogen) atoms. The van der Waals surface area contributed by atoms with Crippen LogP contribution in [0.5, 0.6) is 0 Å². The number of benzene rings is 1. The van der Waals surface area contributed by atoms with Crippen LogP contribution in [0.2, 0.25) is 0 Å². The van der Waals surface area contributed by atoms with Crippen LogP contribution in [0.4, 0.5) is 0 Å². The van der Waals surface area contributed by atoms with Gasteiger partial charge in [-0.25, -0.2) is 4.99 Å². The Morgan fingerprint density at radius 3 is 2.57 bits per heavy atom. The summed E-state index contributed by atoms with van der Waals surface area (Å²) >= 11 is 0. The standard InChI is InChI=1S/C19H29NO/c1-5-6-8-13-17(16-11-9-7-10-12-16)18-20-19(3,4)14-15(2)21-18/h7,9-12,15,17H,5-6,8,13-14H2,1-4H3. The van der Waals surface area contributed by atoms with Crippen molar-refractivity contribution in [2.24, 2.45) is 4.99 Å². The quantitative estimate of drug-likeness (QED) is 0.647. The number of nitrogens with zero attached hydrogens (tertiary/aromatic N) is 1. The van der Waals surface area contributed by atoms with Crippen molar-refractivity contribution < 1.29 is 4.74 Å². The van der Waals surface area contributed by atoms with Gasteiger partial charge < -0.3 is 4.74 Å². The molecule has 116 valence electrons. The molecule has 0 aromatic heterocycles. The minimum Gasteiger partial charge on any atom is -0.477 e. The summed E-state index contributed by atoms with van der Waals surface area (Å²) in [6.07, 6.45) is 6.12. The number of hydrogen-bond donors (Lipinski definition) is 0. The van der Waals surface area contributed by atoms with Gasteiger partial charge in [0.25, 0.3) is 0 Å². The van der Waals surface area contributed by atoms with Gasteiger partial charge in [-0.15, -0.1) is 0 Å². The molecule has 0 bridgehead atoms. The van der Waals surface area contributed by atoms with E-state index in [4.69, 9.17) is 9.73 Å². The van der Waals surface area contributed by atoms with Gasteiger partial charge in [-0.3, -0.25) is 0 Å². The molecule has 0 N–H and O–H groups in total. The fourth-order valence-electron chi connectivity index (χ4n) is 3.20. The molecule has 0 aliphatic carbocycles. The van der Waals surface area contributed by atoms with Gasteiger partial charge in [0.05, 0.1) is 17.6 Å². The number of rotatable bonds is 6. The fourth-order valence-corrected chi connectivity index (χ4v) is 3.20. The van der Waals surface area contributed by atoms with Crippen LogP contribution >= 0.6 is 0 Å². The van der Waals surface area contributed by atoms with Crippen molar-refractivity contribution in [3.63, 3.8) is 0 Å². The number of hydrogen-bond acceptors (Lipinski definition) is 2. The second kappa shape index (κ2) is 7.11. The molecule has 2 nitrogen and oxygen atoms in total. The minimum atomic E-state index is -0.00914. The lowest BCUT2D eigenvalue weighted by molar-refractivity contribution is 0.135. The van der Waals surface area contributed by atoms with E-state index in [0.29, 0.717) is 5.92 Å². The second-order valence-corrected chi connectivity index (χ2v) is 6.85. The molecule has 2 unspecified atom stereocenters. The van der Waals surface area contributed by atoms with Crippen molar-refractivity contribution >= 4 is 5.90 Å². The van der Waals surface area contributed by atoms with E-state index in [9.17, 15) is 0 Å². The van der Waals surface area contributed by atoms with Crippen LogP contribution in [0.3, 0.4) is 0 Å². The summed E-state index contributed by atoms with van der Waals surface area (Å²) in [5.41, 5.74) is 1.32. The summed E-state index contributed by atoms with van der Waals surface area (Å²) in [4.78, 5) is 4.91. The molecule has 0 saturated carbocycles. The third-order valence-electron chi connectivity index (χ3n) is 4.12. The highest BCUT2D eigenvalue weighted by Gasteiger charge is 2.32. The van der Waals surface area contributed by atoms with Crippen LogP contribution in [0.1, 0.15) is 71.3 Å². The molecule has 0 fully saturated rings. The Morgan fingerprint density at radius 1 is 1.24 bits per heavy atom. The monoisotopic (exact) mass is 287 g/mol. The molecule has 1 aliphatic rings. The van der Waals surface area contributed by atoms with E-state index in [1.54, 1.807) is 0 Å². The topological polar surface area (TPSA) is 21.6 Å². The first-order valence-electron chi connectivity index (χ1n) is 8.33. The molecule has 1 aromatic carbocycles. The van der Waals surface area contributed by atoms with Crippen molar-refractivity contribution in [2.45, 2.75) is 77.4 Å². The Labute approximate surface area is 129 Å². The third-order valence-corrected chi connectivity index (χ3v) is 4.12. The normalized spacial score (nSPS) is 22.3. The maximum Gasteiger partial charge on any atom is 0.191 e. The van der Waals surface area contributed by atoms with Crippen molar-refractivity contribution in [1.29, 1.82) is 0 Å². The van der Waals surface area contributed by atoms with Gasteiger partial charge in [0.2, 0.25) is 0 Å². The number of unbranched alkanes of at least 4 members (excludes halogenated alkanes) is 2. The van der Waals surface area contributed by atoms with E-state index in [0.717, 1.165) is 18.7 Å². The zero-order valence-electron chi connectivity index (χ0n) is 13.9. The minimum absolute atomic E-state index is 0.00914. The third kappa shape index (κ3) is 4.59. The first kappa shape index (κ1) is 16.1. The molecular weight excluding hydrogens is 258 g/mol. The van der Waals surface area contributed by atoms with E-state index < -0.39 is 0 Å². The summed E-state index contributed by atoms with van der Waals surface area (Å²) in [6, 6.07) is 10.7. The average Bonchev–Trinajstić information content (AvgIpc) is 2.42. The first-order valence-corrected chi connectivity index (χ1v) is 8.33. The van der Waals surface area contributed by atoms with Crippen molar-refractivity contribution in [3.8, 4) is 0 Å². The molecule has 0 spiro atoms. The largest absolute Gasteiger partial charge is 0.477 e. The fraction of sp³-hybridized carbons (Fsp3) is 0.632. The van der Waals surface area contributed by atoms with E-state index in [1.807, 2.05) is 0 Å². The zero-order chi connectivity index (χ0) is 15.3. The Kier molecular flexibility index (Phi) is 5.44. The van der Waals surface area contributed by atoms with Crippen LogP contribution in [-0.2, 0) is 4.74 Å². The Bertz CT molecular complexity index is 464. The predicted octanol–water partition coefficient (Wildman–Crippen LogP) is 5.34. The molecule has 0 saturated heterocycles. The molecule has 0 amide bonds. The van der Waals surface area contributed by atoms with Gasteiger partial charge in [0, 0.05) is 6.42 Å². The lowest BCUT2D eigenvalue weighted by Gasteiger charge is -2.34. The van der Waals surface area contributed by atoms with Gasteiger partial charge in [0.15, 0.2) is 5.90 Å². The van der Waals surface area contributed by atoms with Gasteiger partial charge >= 0.3 is 0 Å². The van der Waals surface area contributed by atoms with Crippen LogP contribution in [-0.4, -0.2) is 17.5 Å². The molecule has 2 rings (SSSR count). The summed E-state index contributed by atoms with van der Waals surface area (Å²) in [5, 5.41) is 0. The average molecular weight is 287 g/mol. The highest BCUT2D eigenvalue weighted by Crippen LogP contribution is 2.32. The SMILES string of the molecule is CCCCCC(C1=NC(C)(C)CC(C)O1)c1ccccc1. The highest BCUT2D eigenvalue weighted by molar-refractivity contribution is 5.84. The predicted molar refractivity (Wildman–Crippen MR) is 90.0 cm³/mol. The van der Waals surface area contributed by atoms with E-state index in [2.05, 4.69) is 58.0 Å². The van der Waals surface area contributed by atoms with Crippen LogP contribution < -0.4 is 0 Å². The van der Waals surface area contributed by atoms with Crippen LogP contribution in [0.15, 0.2) is 35.3 Å². The molecule has 1 heterocycles.